The summed E-state index contributed by atoms with van der Waals surface area (Å²) in [5, 5.41) is 15.6. The molecule has 1 aromatic heterocycles. The molecule has 0 N–H and O–H groups in total. The van der Waals surface area contributed by atoms with Crippen molar-refractivity contribution in [3.8, 4) is 0 Å². The van der Waals surface area contributed by atoms with Gasteiger partial charge in [-0.25, -0.2) is 0 Å². The number of ketones is 1. The third-order valence-electron chi connectivity index (χ3n) is 4.07. The minimum atomic E-state index is -0.331. The van der Waals surface area contributed by atoms with Gasteiger partial charge in [0, 0.05) is 18.9 Å². The van der Waals surface area contributed by atoms with Crippen molar-refractivity contribution in [1.82, 2.24) is 9.78 Å². The molecule has 2 rings (SSSR count). The fraction of sp³-hybridized carbons (Fsp3) is 0.714. The van der Waals surface area contributed by atoms with Crippen LogP contribution in [0.1, 0.15) is 50.9 Å². The SMILES string of the molecule is CCc1nn(CCC2CCCC2=O)c(CC)c1[N+](=O)[O-]. The lowest BCUT2D eigenvalue weighted by molar-refractivity contribution is -0.386. The zero-order valence-corrected chi connectivity index (χ0v) is 12.1. The molecule has 1 saturated carbocycles. The minimum absolute atomic E-state index is 0.119. The average Bonchev–Trinajstić information content (AvgIpc) is 2.99. The van der Waals surface area contributed by atoms with Crippen LogP contribution >= 0.6 is 0 Å². The summed E-state index contributed by atoms with van der Waals surface area (Å²) in [7, 11) is 0. The lowest BCUT2D eigenvalue weighted by atomic mass is 10.0. The van der Waals surface area contributed by atoms with Crippen LogP contribution in [0, 0.1) is 16.0 Å². The molecule has 1 aromatic rings. The standard InChI is InChI=1S/C14H21N3O3/c1-3-11-14(17(19)20)12(4-2)16(15-11)9-8-10-6-5-7-13(10)18/h10H,3-9H2,1-2H3. The molecule has 1 unspecified atom stereocenters. The molecule has 0 amide bonds. The Morgan fingerprint density at radius 1 is 1.40 bits per heavy atom. The third-order valence-corrected chi connectivity index (χ3v) is 4.07. The maximum Gasteiger partial charge on any atom is 0.313 e. The van der Waals surface area contributed by atoms with E-state index < -0.39 is 0 Å². The average molecular weight is 279 g/mol. The second kappa shape index (κ2) is 6.15. The molecule has 20 heavy (non-hydrogen) atoms. The van der Waals surface area contributed by atoms with Crippen LogP contribution in [0.2, 0.25) is 0 Å². The van der Waals surface area contributed by atoms with Crippen molar-refractivity contribution >= 4 is 11.5 Å². The highest BCUT2D eigenvalue weighted by Gasteiger charge is 2.27. The molecule has 0 spiro atoms. The van der Waals surface area contributed by atoms with Gasteiger partial charge in [-0.3, -0.25) is 19.6 Å². The van der Waals surface area contributed by atoms with Gasteiger partial charge < -0.3 is 0 Å². The van der Waals surface area contributed by atoms with Crippen molar-refractivity contribution < 1.29 is 9.72 Å². The summed E-state index contributed by atoms with van der Waals surface area (Å²) in [5.41, 5.74) is 1.38. The van der Waals surface area contributed by atoms with Crippen LogP contribution in [-0.4, -0.2) is 20.5 Å². The number of Topliss-reactive ketones (excluding diaryl/α,β-unsaturated/α-hetero) is 1. The molecule has 0 bridgehead atoms. The van der Waals surface area contributed by atoms with Crippen LogP contribution in [0.5, 0.6) is 0 Å². The first-order valence-corrected chi connectivity index (χ1v) is 7.34. The number of nitro groups is 1. The molecule has 1 aliphatic carbocycles. The van der Waals surface area contributed by atoms with Crippen molar-refractivity contribution in [1.29, 1.82) is 0 Å². The maximum absolute atomic E-state index is 11.6. The van der Waals surface area contributed by atoms with Gasteiger partial charge >= 0.3 is 5.69 Å². The molecule has 1 fully saturated rings. The number of aryl methyl sites for hydroxylation is 2. The summed E-state index contributed by atoms with van der Waals surface area (Å²) in [6.07, 6.45) is 4.49. The van der Waals surface area contributed by atoms with E-state index in [-0.39, 0.29) is 16.5 Å². The van der Waals surface area contributed by atoms with Crippen molar-refractivity contribution in [2.45, 2.75) is 58.9 Å². The molecule has 110 valence electrons. The van der Waals surface area contributed by atoms with E-state index in [9.17, 15) is 14.9 Å². The van der Waals surface area contributed by atoms with Crippen LogP contribution in [0.3, 0.4) is 0 Å². The predicted octanol–water partition coefficient (Wildman–Crippen LogP) is 2.68. The molecule has 0 radical (unpaired) electrons. The molecule has 6 nitrogen and oxygen atoms in total. The number of hydrogen-bond donors (Lipinski definition) is 0. The van der Waals surface area contributed by atoms with Gasteiger partial charge in [0.25, 0.3) is 0 Å². The van der Waals surface area contributed by atoms with Crippen LogP contribution in [0.15, 0.2) is 0 Å². The molecule has 6 heteroatoms. The summed E-state index contributed by atoms with van der Waals surface area (Å²) >= 11 is 0. The highest BCUT2D eigenvalue weighted by molar-refractivity contribution is 5.82. The van der Waals surface area contributed by atoms with Crippen LogP contribution in [-0.2, 0) is 24.2 Å². The first-order chi connectivity index (χ1) is 9.58. The van der Waals surface area contributed by atoms with E-state index in [1.807, 2.05) is 13.8 Å². The van der Waals surface area contributed by atoms with Crippen LogP contribution in [0.25, 0.3) is 0 Å². The Balaban J connectivity index is 2.18. The summed E-state index contributed by atoms with van der Waals surface area (Å²) in [5.74, 6) is 0.452. The molecule has 1 atom stereocenters. The Labute approximate surface area is 118 Å². The monoisotopic (exact) mass is 279 g/mol. The summed E-state index contributed by atoms with van der Waals surface area (Å²) in [6.45, 7) is 4.38. The number of aromatic nitrogens is 2. The molecular weight excluding hydrogens is 258 g/mol. The Bertz CT molecular complexity index is 522. The third kappa shape index (κ3) is 2.73. The number of rotatable bonds is 6. The van der Waals surface area contributed by atoms with Gasteiger partial charge in [0.1, 0.15) is 17.2 Å². The van der Waals surface area contributed by atoms with Gasteiger partial charge in [0.15, 0.2) is 0 Å². The summed E-state index contributed by atoms with van der Waals surface area (Å²) in [6, 6.07) is 0. The van der Waals surface area contributed by atoms with Gasteiger partial charge in [0.05, 0.1) is 4.92 Å². The lowest BCUT2D eigenvalue weighted by Crippen LogP contribution is -2.13. The van der Waals surface area contributed by atoms with Gasteiger partial charge in [-0.05, 0) is 32.1 Å². The lowest BCUT2D eigenvalue weighted by Gasteiger charge is -2.09. The Morgan fingerprint density at radius 3 is 2.65 bits per heavy atom. The summed E-state index contributed by atoms with van der Waals surface area (Å²) < 4.78 is 1.74. The zero-order chi connectivity index (χ0) is 14.7. The Hall–Kier alpha value is -1.72. The molecule has 1 heterocycles. The Kier molecular flexibility index (Phi) is 4.52. The molecule has 0 saturated heterocycles. The first-order valence-electron chi connectivity index (χ1n) is 7.34. The van der Waals surface area contributed by atoms with Gasteiger partial charge in [-0.15, -0.1) is 0 Å². The predicted molar refractivity (Wildman–Crippen MR) is 74.6 cm³/mol. The van der Waals surface area contributed by atoms with Crippen molar-refractivity contribution in [2.75, 3.05) is 0 Å². The number of hydrogen-bond acceptors (Lipinski definition) is 4. The smallest absolute Gasteiger partial charge is 0.299 e. The minimum Gasteiger partial charge on any atom is -0.299 e. The van der Waals surface area contributed by atoms with Crippen LogP contribution in [0.4, 0.5) is 5.69 Å². The van der Waals surface area contributed by atoms with Crippen LogP contribution < -0.4 is 0 Å². The van der Waals surface area contributed by atoms with E-state index in [0.29, 0.717) is 43.0 Å². The van der Waals surface area contributed by atoms with E-state index in [4.69, 9.17) is 0 Å². The molecule has 1 aliphatic rings. The highest BCUT2D eigenvalue weighted by atomic mass is 16.6. The van der Waals surface area contributed by atoms with Gasteiger partial charge in [-0.1, -0.05) is 13.8 Å². The quantitative estimate of drug-likeness (QED) is 0.592. The zero-order valence-electron chi connectivity index (χ0n) is 12.1. The largest absolute Gasteiger partial charge is 0.313 e. The first kappa shape index (κ1) is 14.7. The number of carbonyl (C=O) groups excluding carboxylic acids is 1. The molecule has 0 aliphatic heterocycles. The van der Waals surface area contributed by atoms with Crippen molar-refractivity contribution in [3.63, 3.8) is 0 Å². The van der Waals surface area contributed by atoms with E-state index in [1.165, 1.54) is 0 Å². The van der Waals surface area contributed by atoms with E-state index >= 15 is 0 Å². The summed E-state index contributed by atoms with van der Waals surface area (Å²) in [4.78, 5) is 22.5. The number of carbonyl (C=O) groups is 1. The molecular formula is C14H21N3O3. The molecule has 0 aromatic carbocycles. The second-order valence-electron chi connectivity index (χ2n) is 5.27. The van der Waals surface area contributed by atoms with E-state index in [2.05, 4.69) is 5.10 Å². The van der Waals surface area contributed by atoms with Gasteiger partial charge in [-0.2, -0.15) is 5.10 Å². The Morgan fingerprint density at radius 2 is 2.15 bits per heavy atom. The second-order valence-corrected chi connectivity index (χ2v) is 5.27. The van der Waals surface area contributed by atoms with Gasteiger partial charge in [0.2, 0.25) is 0 Å². The number of nitrogens with zero attached hydrogens (tertiary/aromatic N) is 3. The van der Waals surface area contributed by atoms with Crippen molar-refractivity contribution in [3.05, 3.63) is 21.5 Å². The van der Waals surface area contributed by atoms with Crippen molar-refractivity contribution in [2.24, 2.45) is 5.92 Å². The fourth-order valence-electron chi connectivity index (χ4n) is 3.00. The highest BCUT2D eigenvalue weighted by Crippen LogP contribution is 2.28. The van der Waals surface area contributed by atoms with E-state index in [0.717, 1.165) is 19.3 Å². The normalized spacial score (nSPS) is 18.7. The topological polar surface area (TPSA) is 78.0 Å². The van der Waals surface area contributed by atoms with E-state index in [1.54, 1.807) is 4.68 Å². The fourth-order valence-corrected chi connectivity index (χ4v) is 3.00. The maximum atomic E-state index is 11.6.